The molecule has 1 atom stereocenters. The first kappa shape index (κ1) is 12.9. The Kier molecular flexibility index (Phi) is 3.50. The predicted molar refractivity (Wildman–Crippen MR) is 78.4 cm³/mol. The van der Waals surface area contributed by atoms with Gasteiger partial charge in [0.15, 0.2) is 0 Å². The SMILES string of the molecule is CC1CN(CC2(O)CCCC2)c2ccccc2CN1. The summed E-state index contributed by atoms with van der Waals surface area (Å²) < 4.78 is 0. The zero-order chi connectivity index (χ0) is 13.3. The van der Waals surface area contributed by atoms with Gasteiger partial charge in [-0.1, -0.05) is 31.0 Å². The summed E-state index contributed by atoms with van der Waals surface area (Å²) in [6, 6.07) is 9.02. The highest BCUT2D eigenvalue weighted by atomic mass is 16.3. The Labute approximate surface area is 115 Å². The zero-order valence-corrected chi connectivity index (χ0v) is 11.7. The van der Waals surface area contributed by atoms with E-state index in [1.165, 1.54) is 24.1 Å². The fourth-order valence-corrected chi connectivity index (χ4v) is 3.44. The summed E-state index contributed by atoms with van der Waals surface area (Å²) in [6.45, 7) is 4.89. The van der Waals surface area contributed by atoms with Gasteiger partial charge >= 0.3 is 0 Å². The smallest absolute Gasteiger partial charge is 0.0821 e. The third kappa shape index (κ3) is 2.77. The molecule has 1 aromatic carbocycles. The van der Waals surface area contributed by atoms with Crippen LogP contribution in [0.5, 0.6) is 0 Å². The van der Waals surface area contributed by atoms with Crippen LogP contribution < -0.4 is 10.2 Å². The molecule has 3 heteroatoms. The van der Waals surface area contributed by atoms with Gasteiger partial charge in [-0.2, -0.15) is 0 Å². The molecule has 1 saturated carbocycles. The molecule has 0 spiro atoms. The van der Waals surface area contributed by atoms with E-state index in [-0.39, 0.29) is 0 Å². The fourth-order valence-electron chi connectivity index (χ4n) is 3.44. The molecule has 19 heavy (non-hydrogen) atoms. The van der Waals surface area contributed by atoms with Crippen LogP contribution in [0.2, 0.25) is 0 Å². The zero-order valence-electron chi connectivity index (χ0n) is 11.7. The molecular weight excluding hydrogens is 236 g/mol. The van der Waals surface area contributed by atoms with Gasteiger partial charge in [0.1, 0.15) is 0 Å². The molecule has 0 saturated heterocycles. The van der Waals surface area contributed by atoms with Crippen LogP contribution in [0.1, 0.15) is 38.2 Å². The highest BCUT2D eigenvalue weighted by molar-refractivity contribution is 5.55. The lowest BCUT2D eigenvalue weighted by molar-refractivity contribution is 0.0546. The van der Waals surface area contributed by atoms with Gasteiger partial charge in [-0.3, -0.25) is 0 Å². The van der Waals surface area contributed by atoms with E-state index in [1.54, 1.807) is 0 Å². The van der Waals surface area contributed by atoms with E-state index < -0.39 is 5.60 Å². The van der Waals surface area contributed by atoms with E-state index in [0.29, 0.717) is 6.04 Å². The van der Waals surface area contributed by atoms with E-state index in [2.05, 4.69) is 41.4 Å². The largest absolute Gasteiger partial charge is 0.388 e. The molecule has 0 radical (unpaired) electrons. The molecule has 1 aromatic rings. The number of β-amino-alcohol motifs (C(OH)–C–C–N with tert-alkyl or cyclic N) is 1. The molecule has 3 nitrogen and oxygen atoms in total. The predicted octanol–water partition coefficient (Wildman–Crippen LogP) is 2.29. The Hall–Kier alpha value is -1.06. The monoisotopic (exact) mass is 260 g/mol. The molecule has 3 rings (SSSR count). The summed E-state index contributed by atoms with van der Waals surface area (Å²) in [4.78, 5) is 2.38. The minimum Gasteiger partial charge on any atom is -0.388 e. The molecule has 1 unspecified atom stereocenters. The molecule has 104 valence electrons. The number of aliphatic hydroxyl groups is 1. The molecule has 0 bridgehead atoms. The van der Waals surface area contributed by atoms with Crippen molar-refractivity contribution in [2.24, 2.45) is 0 Å². The normalized spacial score (nSPS) is 26.0. The van der Waals surface area contributed by atoms with E-state index in [4.69, 9.17) is 0 Å². The van der Waals surface area contributed by atoms with Crippen LogP contribution in [0, 0.1) is 0 Å². The van der Waals surface area contributed by atoms with Gasteiger partial charge in [0.05, 0.1) is 5.60 Å². The number of rotatable bonds is 2. The summed E-state index contributed by atoms with van der Waals surface area (Å²) in [5.74, 6) is 0. The second-order valence-electron chi connectivity index (χ2n) is 6.22. The van der Waals surface area contributed by atoms with Gasteiger partial charge in [0.2, 0.25) is 0 Å². The number of fused-ring (bicyclic) bond motifs is 1. The quantitative estimate of drug-likeness (QED) is 0.856. The Balaban J connectivity index is 1.85. The summed E-state index contributed by atoms with van der Waals surface area (Å²) in [5.41, 5.74) is 2.16. The van der Waals surface area contributed by atoms with Crippen molar-refractivity contribution in [3.63, 3.8) is 0 Å². The number of hydrogen-bond acceptors (Lipinski definition) is 3. The first-order chi connectivity index (χ1) is 9.16. The van der Waals surface area contributed by atoms with Crippen LogP contribution in [0.25, 0.3) is 0 Å². The molecule has 1 aliphatic carbocycles. The number of hydrogen-bond donors (Lipinski definition) is 2. The van der Waals surface area contributed by atoms with Crippen molar-refractivity contribution in [1.29, 1.82) is 0 Å². The highest BCUT2D eigenvalue weighted by Gasteiger charge is 2.34. The maximum Gasteiger partial charge on any atom is 0.0821 e. The average Bonchev–Trinajstić information content (AvgIpc) is 2.76. The minimum absolute atomic E-state index is 0.456. The molecule has 0 aromatic heterocycles. The van der Waals surface area contributed by atoms with E-state index in [1.807, 2.05) is 0 Å². The maximum absolute atomic E-state index is 10.7. The Morgan fingerprint density at radius 3 is 2.84 bits per heavy atom. The van der Waals surface area contributed by atoms with Crippen LogP contribution in [0.15, 0.2) is 24.3 Å². The standard InChI is InChI=1S/C16H24N2O/c1-13-11-18(12-16(19)8-4-5-9-16)15-7-3-2-6-14(15)10-17-13/h2-3,6-7,13,17,19H,4-5,8-12H2,1H3. The van der Waals surface area contributed by atoms with E-state index in [0.717, 1.165) is 32.5 Å². The van der Waals surface area contributed by atoms with Crippen LogP contribution in [-0.4, -0.2) is 29.8 Å². The lowest BCUT2D eigenvalue weighted by Gasteiger charge is -2.34. The van der Waals surface area contributed by atoms with Crippen LogP contribution in [-0.2, 0) is 6.54 Å². The third-order valence-corrected chi connectivity index (χ3v) is 4.49. The van der Waals surface area contributed by atoms with Gasteiger partial charge in [0, 0.05) is 31.4 Å². The molecule has 2 aliphatic rings. The summed E-state index contributed by atoms with van der Waals surface area (Å²) in [7, 11) is 0. The fraction of sp³-hybridized carbons (Fsp3) is 0.625. The molecule has 1 aliphatic heterocycles. The number of nitrogens with one attached hydrogen (secondary N) is 1. The van der Waals surface area contributed by atoms with Gasteiger partial charge in [0.25, 0.3) is 0 Å². The number of nitrogens with zero attached hydrogens (tertiary/aromatic N) is 1. The van der Waals surface area contributed by atoms with E-state index in [9.17, 15) is 5.11 Å². The maximum atomic E-state index is 10.7. The third-order valence-electron chi connectivity index (χ3n) is 4.49. The van der Waals surface area contributed by atoms with Gasteiger partial charge in [-0.25, -0.2) is 0 Å². The number of para-hydroxylation sites is 1. The molecular formula is C16H24N2O. The average molecular weight is 260 g/mol. The van der Waals surface area contributed by atoms with Crippen molar-refractivity contribution in [2.75, 3.05) is 18.0 Å². The summed E-state index contributed by atoms with van der Waals surface area (Å²) in [6.07, 6.45) is 4.24. The van der Waals surface area contributed by atoms with Gasteiger partial charge < -0.3 is 15.3 Å². The van der Waals surface area contributed by atoms with Crippen LogP contribution in [0.4, 0.5) is 5.69 Å². The Morgan fingerprint density at radius 2 is 2.05 bits per heavy atom. The van der Waals surface area contributed by atoms with Crippen molar-refractivity contribution in [3.8, 4) is 0 Å². The number of benzene rings is 1. The van der Waals surface area contributed by atoms with Crippen LogP contribution in [0.3, 0.4) is 0 Å². The van der Waals surface area contributed by atoms with Crippen molar-refractivity contribution in [3.05, 3.63) is 29.8 Å². The van der Waals surface area contributed by atoms with Crippen molar-refractivity contribution in [1.82, 2.24) is 5.32 Å². The first-order valence-electron chi connectivity index (χ1n) is 7.45. The van der Waals surface area contributed by atoms with Crippen molar-refractivity contribution < 1.29 is 5.11 Å². The number of anilines is 1. The molecule has 1 fully saturated rings. The van der Waals surface area contributed by atoms with Gasteiger partial charge in [-0.15, -0.1) is 0 Å². The van der Waals surface area contributed by atoms with Crippen molar-refractivity contribution >= 4 is 5.69 Å². The lowest BCUT2D eigenvalue weighted by atomic mass is 10.0. The lowest BCUT2D eigenvalue weighted by Crippen LogP contribution is -2.45. The van der Waals surface area contributed by atoms with Crippen molar-refractivity contribution in [2.45, 2.75) is 50.8 Å². The second-order valence-corrected chi connectivity index (χ2v) is 6.22. The topological polar surface area (TPSA) is 35.5 Å². The highest BCUT2D eigenvalue weighted by Crippen LogP contribution is 2.33. The summed E-state index contributed by atoms with van der Waals surface area (Å²) >= 11 is 0. The molecule has 1 heterocycles. The van der Waals surface area contributed by atoms with Crippen LogP contribution >= 0.6 is 0 Å². The van der Waals surface area contributed by atoms with Gasteiger partial charge in [-0.05, 0) is 31.4 Å². The minimum atomic E-state index is -0.475. The summed E-state index contributed by atoms with van der Waals surface area (Å²) in [5, 5.41) is 14.2. The first-order valence-corrected chi connectivity index (χ1v) is 7.45. The molecule has 0 amide bonds. The molecule has 2 N–H and O–H groups in total. The van der Waals surface area contributed by atoms with E-state index >= 15 is 0 Å². The second kappa shape index (κ2) is 5.14. The Morgan fingerprint density at radius 1 is 1.32 bits per heavy atom. The Bertz CT molecular complexity index is 440.